The molecule has 1 aromatic rings. The molecule has 0 radical (unpaired) electrons. The number of halogens is 1. The highest BCUT2D eigenvalue weighted by atomic mass is 35.5. The van der Waals surface area contributed by atoms with Gasteiger partial charge in [0.15, 0.2) is 0 Å². The first-order chi connectivity index (χ1) is 8.13. The molecular formula is C13H21ClN2O. The van der Waals surface area contributed by atoms with Crippen LogP contribution in [-0.4, -0.2) is 13.2 Å². The molecule has 17 heavy (non-hydrogen) atoms. The van der Waals surface area contributed by atoms with E-state index in [1.807, 2.05) is 25.1 Å². The van der Waals surface area contributed by atoms with Gasteiger partial charge in [-0.05, 0) is 37.1 Å². The number of benzene rings is 1. The maximum Gasteiger partial charge on any atom is 0.137 e. The molecule has 3 nitrogen and oxygen atoms in total. The van der Waals surface area contributed by atoms with Crippen LogP contribution in [0.1, 0.15) is 31.9 Å². The molecule has 1 aromatic carbocycles. The molecule has 0 aliphatic carbocycles. The molecule has 0 saturated carbocycles. The van der Waals surface area contributed by atoms with Gasteiger partial charge in [0, 0.05) is 6.04 Å². The molecule has 1 rings (SSSR count). The fraction of sp³-hybridized carbons (Fsp3) is 0.538. The number of hydrogen-bond donors (Lipinski definition) is 2. The number of nitrogens with two attached hydrogens (primary N) is 2. The third-order valence-corrected chi connectivity index (χ3v) is 3.27. The Morgan fingerprint density at radius 3 is 2.53 bits per heavy atom. The Labute approximate surface area is 108 Å². The van der Waals surface area contributed by atoms with Crippen molar-refractivity contribution in [2.24, 2.45) is 17.4 Å². The molecule has 0 aliphatic rings. The summed E-state index contributed by atoms with van der Waals surface area (Å²) in [6.07, 6.45) is 0.961. The van der Waals surface area contributed by atoms with Crippen molar-refractivity contribution in [3.05, 3.63) is 28.8 Å². The largest absolute Gasteiger partial charge is 0.492 e. The minimum absolute atomic E-state index is 0.0711. The zero-order valence-electron chi connectivity index (χ0n) is 10.4. The third kappa shape index (κ3) is 3.60. The second kappa shape index (κ2) is 6.84. The van der Waals surface area contributed by atoms with Crippen molar-refractivity contribution in [1.29, 1.82) is 0 Å². The standard InChI is InChI=1S/C13H21ClN2O/c1-3-9(8-15)13(16)10-5-6-12(17-4-2)11(14)7-10/h5-7,9,13H,3-4,8,15-16H2,1-2H3. The molecule has 4 heteroatoms. The lowest BCUT2D eigenvalue weighted by Crippen LogP contribution is -2.27. The van der Waals surface area contributed by atoms with E-state index < -0.39 is 0 Å². The Bertz CT molecular complexity index is 353. The summed E-state index contributed by atoms with van der Waals surface area (Å²) < 4.78 is 5.39. The molecule has 0 bridgehead atoms. The second-order valence-corrected chi connectivity index (χ2v) is 4.46. The predicted octanol–water partition coefficient (Wildman–Crippen LogP) is 2.72. The molecule has 0 heterocycles. The van der Waals surface area contributed by atoms with E-state index in [-0.39, 0.29) is 12.0 Å². The Hall–Kier alpha value is -0.770. The predicted molar refractivity (Wildman–Crippen MR) is 72.4 cm³/mol. The van der Waals surface area contributed by atoms with E-state index in [0.717, 1.165) is 12.0 Å². The highest BCUT2D eigenvalue weighted by molar-refractivity contribution is 6.32. The first-order valence-corrected chi connectivity index (χ1v) is 6.39. The van der Waals surface area contributed by atoms with Gasteiger partial charge in [-0.25, -0.2) is 0 Å². The van der Waals surface area contributed by atoms with Crippen molar-refractivity contribution >= 4 is 11.6 Å². The molecule has 0 spiro atoms. The van der Waals surface area contributed by atoms with E-state index in [2.05, 4.69) is 6.92 Å². The number of rotatable bonds is 6. The van der Waals surface area contributed by atoms with Crippen LogP contribution in [0.25, 0.3) is 0 Å². The lowest BCUT2D eigenvalue weighted by atomic mass is 9.92. The van der Waals surface area contributed by atoms with Crippen molar-refractivity contribution in [3.63, 3.8) is 0 Å². The molecule has 0 fully saturated rings. The van der Waals surface area contributed by atoms with Gasteiger partial charge in [-0.15, -0.1) is 0 Å². The summed E-state index contributed by atoms with van der Waals surface area (Å²) in [4.78, 5) is 0. The topological polar surface area (TPSA) is 61.3 Å². The zero-order valence-corrected chi connectivity index (χ0v) is 11.2. The molecule has 0 saturated heterocycles. The summed E-state index contributed by atoms with van der Waals surface area (Å²) in [5, 5.41) is 0.603. The maximum absolute atomic E-state index is 6.17. The Balaban J connectivity index is 2.88. The Kier molecular flexibility index (Phi) is 5.75. The van der Waals surface area contributed by atoms with Crippen LogP contribution in [0.3, 0.4) is 0 Å². The minimum atomic E-state index is -0.0711. The summed E-state index contributed by atoms with van der Waals surface area (Å²) in [6.45, 7) is 5.21. The average molecular weight is 257 g/mol. The molecule has 2 unspecified atom stereocenters. The first kappa shape index (κ1) is 14.3. The van der Waals surface area contributed by atoms with E-state index in [1.54, 1.807) is 0 Å². The molecule has 96 valence electrons. The van der Waals surface area contributed by atoms with Crippen molar-refractivity contribution in [3.8, 4) is 5.75 Å². The quantitative estimate of drug-likeness (QED) is 0.823. The summed E-state index contributed by atoms with van der Waals surface area (Å²) in [7, 11) is 0. The normalized spacial score (nSPS) is 14.4. The van der Waals surface area contributed by atoms with Crippen LogP contribution in [0.15, 0.2) is 18.2 Å². The summed E-state index contributed by atoms with van der Waals surface area (Å²) >= 11 is 6.13. The Morgan fingerprint density at radius 1 is 1.35 bits per heavy atom. The third-order valence-electron chi connectivity index (χ3n) is 2.98. The lowest BCUT2D eigenvalue weighted by Gasteiger charge is -2.22. The van der Waals surface area contributed by atoms with Gasteiger partial charge in [0.05, 0.1) is 11.6 Å². The highest BCUT2D eigenvalue weighted by Crippen LogP contribution is 2.30. The summed E-state index contributed by atoms with van der Waals surface area (Å²) in [5.74, 6) is 0.981. The van der Waals surface area contributed by atoms with Crippen LogP contribution in [0.5, 0.6) is 5.75 Å². The van der Waals surface area contributed by atoms with Gasteiger partial charge in [-0.1, -0.05) is 31.0 Å². The SMILES string of the molecule is CCOc1ccc(C(N)C(CC)CN)cc1Cl. The maximum atomic E-state index is 6.17. The van der Waals surface area contributed by atoms with Crippen LogP contribution in [0.2, 0.25) is 5.02 Å². The molecule has 0 amide bonds. The number of ether oxygens (including phenoxy) is 1. The van der Waals surface area contributed by atoms with E-state index in [1.165, 1.54) is 0 Å². The fourth-order valence-electron chi connectivity index (χ4n) is 1.84. The van der Waals surface area contributed by atoms with Crippen LogP contribution in [0, 0.1) is 5.92 Å². The smallest absolute Gasteiger partial charge is 0.137 e. The Morgan fingerprint density at radius 2 is 2.06 bits per heavy atom. The minimum Gasteiger partial charge on any atom is -0.492 e. The molecule has 0 aromatic heterocycles. The summed E-state index contributed by atoms with van der Waals surface area (Å²) in [5.41, 5.74) is 12.9. The van der Waals surface area contributed by atoms with Crippen molar-refractivity contribution in [2.75, 3.05) is 13.2 Å². The van der Waals surface area contributed by atoms with Gasteiger partial charge in [-0.3, -0.25) is 0 Å². The van der Waals surface area contributed by atoms with Crippen LogP contribution in [0.4, 0.5) is 0 Å². The van der Waals surface area contributed by atoms with Gasteiger partial charge < -0.3 is 16.2 Å². The van der Waals surface area contributed by atoms with Crippen LogP contribution < -0.4 is 16.2 Å². The van der Waals surface area contributed by atoms with E-state index >= 15 is 0 Å². The monoisotopic (exact) mass is 256 g/mol. The van der Waals surface area contributed by atoms with E-state index in [4.69, 9.17) is 27.8 Å². The lowest BCUT2D eigenvalue weighted by molar-refractivity contribution is 0.340. The molecule has 4 N–H and O–H groups in total. The fourth-order valence-corrected chi connectivity index (χ4v) is 2.08. The first-order valence-electron chi connectivity index (χ1n) is 6.01. The summed E-state index contributed by atoms with van der Waals surface area (Å²) in [6, 6.07) is 5.62. The van der Waals surface area contributed by atoms with E-state index in [0.29, 0.717) is 23.9 Å². The average Bonchev–Trinajstić information content (AvgIpc) is 2.33. The van der Waals surface area contributed by atoms with Crippen LogP contribution >= 0.6 is 11.6 Å². The van der Waals surface area contributed by atoms with Crippen molar-refractivity contribution in [2.45, 2.75) is 26.3 Å². The van der Waals surface area contributed by atoms with Gasteiger partial charge in [0.1, 0.15) is 5.75 Å². The van der Waals surface area contributed by atoms with Gasteiger partial charge in [-0.2, -0.15) is 0 Å². The van der Waals surface area contributed by atoms with Crippen LogP contribution in [-0.2, 0) is 0 Å². The van der Waals surface area contributed by atoms with Gasteiger partial charge >= 0.3 is 0 Å². The number of hydrogen-bond acceptors (Lipinski definition) is 3. The van der Waals surface area contributed by atoms with Gasteiger partial charge in [0.25, 0.3) is 0 Å². The zero-order chi connectivity index (χ0) is 12.8. The van der Waals surface area contributed by atoms with Gasteiger partial charge in [0.2, 0.25) is 0 Å². The molecule has 2 atom stereocenters. The van der Waals surface area contributed by atoms with Crippen molar-refractivity contribution in [1.82, 2.24) is 0 Å². The van der Waals surface area contributed by atoms with E-state index in [9.17, 15) is 0 Å². The second-order valence-electron chi connectivity index (χ2n) is 4.05. The highest BCUT2D eigenvalue weighted by Gasteiger charge is 2.17. The molecule has 0 aliphatic heterocycles. The van der Waals surface area contributed by atoms with Crippen molar-refractivity contribution < 1.29 is 4.74 Å². The molecular weight excluding hydrogens is 236 g/mol.